The van der Waals surface area contributed by atoms with Gasteiger partial charge in [-0.1, -0.05) is 13.0 Å². The molecule has 3 heterocycles. The maximum absolute atomic E-state index is 6.17. The monoisotopic (exact) mass is 275 g/mol. The van der Waals surface area contributed by atoms with Crippen LogP contribution in [0.15, 0.2) is 24.5 Å². The van der Waals surface area contributed by atoms with Crippen molar-refractivity contribution in [2.24, 2.45) is 0 Å². The summed E-state index contributed by atoms with van der Waals surface area (Å²) in [4.78, 5) is 6.87. The fraction of sp³-hybridized carbons (Fsp3) is 0.688. The van der Waals surface area contributed by atoms with Crippen molar-refractivity contribution in [2.45, 2.75) is 44.4 Å². The fourth-order valence-electron chi connectivity index (χ4n) is 3.37. The maximum atomic E-state index is 6.17. The average Bonchev–Trinajstić information content (AvgIpc) is 2.96. The number of morpholine rings is 1. The first-order valence-electron chi connectivity index (χ1n) is 7.87. The number of rotatable bonds is 5. The van der Waals surface area contributed by atoms with E-state index in [2.05, 4.69) is 28.2 Å². The molecule has 2 aliphatic heterocycles. The van der Waals surface area contributed by atoms with E-state index in [1.54, 1.807) is 0 Å². The van der Waals surface area contributed by atoms with E-state index in [0.29, 0.717) is 6.04 Å². The summed E-state index contributed by atoms with van der Waals surface area (Å²) < 4.78 is 6.17. The zero-order valence-corrected chi connectivity index (χ0v) is 12.3. The van der Waals surface area contributed by atoms with Crippen LogP contribution in [0.1, 0.15) is 37.8 Å². The van der Waals surface area contributed by atoms with E-state index in [0.717, 1.165) is 26.1 Å². The molecule has 4 nitrogen and oxygen atoms in total. The smallest absolute Gasteiger partial charge is 0.0897 e. The molecular formula is C16H25N3O. The summed E-state index contributed by atoms with van der Waals surface area (Å²) in [6.07, 6.45) is 7.79. The van der Waals surface area contributed by atoms with Gasteiger partial charge in [-0.2, -0.15) is 0 Å². The first-order valence-corrected chi connectivity index (χ1v) is 7.87. The third-order valence-electron chi connectivity index (χ3n) is 4.45. The van der Waals surface area contributed by atoms with Crippen LogP contribution in [0.4, 0.5) is 0 Å². The number of nitrogens with one attached hydrogen (secondary N) is 1. The summed E-state index contributed by atoms with van der Waals surface area (Å²) in [5, 5.41) is 3.64. The number of pyridine rings is 1. The van der Waals surface area contributed by atoms with E-state index in [4.69, 9.17) is 4.74 Å². The minimum absolute atomic E-state index is 0.236. The lowest BCUT2D eigenvalue weighted by molar-refractivity contribution is -0.0652. The fourth-order valence-corrected chi connectivity index (χ4v) is 3.37. The molecule has 0 amide bonds. The molecule has 0 saturated carbocycles. The quantitative estimate of drug-likeness (QED) is 0.891. The molecule has 1 aromatic heterocycles. The van der Waals surface area contributed by atoms with Gasteiger partial charge in [0, 0.05) is 25.0 Å². The molecule has 4 heteroatoms. The van der Waals surface area contributed by atoms with Gasteiger partial charge in [0.15, 0.2) is 0 Å². The highest BCUT2D eigenvalue weighted by molar-refractivity contribution is 5.16. The van der Waals surface area contributed by atoms with E-state index in [-0.39, 0.29) is 12.1 Å². The van der Waals surface area contributed by atoms with Crippen LogP contribution in [0.25, 0.3) is 0 Å². The van der Waals surface area contributed by atoms with Gasteiger partial charge in [-0.25, -0.2) is 0 Å². The van der Waals surface area contributed by atoms with E-state index in [9.17, 15) is 0 Å². The Kier molecular flexibility index (Phi) is 4.65. The van der Waals surface area contributed by atoms with Crippen molar-refractivity contribution in [2.75, 3.05) is 26.2 Å². The standard InChI is InChI=1S/C16H25N3O/c1-2-7-18-16(13-5-3-8-17-10-13)15-11-19-9-4-6-14(19)12-20-15/h3,5,8,10,14-16,18H,2,4,6-7,9,11-12H2,1H3. The Balaban J connectivity index is 1.72. The highest BCUT2D eigenvalue weighted by Gasteiger charge is 2.36. The summed E-state index contributed by atoms with van der Waals surface area (Å²) in [5.74, 6) is 0. The van der Waals surface area contributed by atoms with E-state index >= 15 is 0 Å². The number of fused-ring (bicyclic) bond motifs is 1. The Morgan fingerprint density at radius 1 is 1.55 bits per heavy atom. The Morgan fingerprint density at radius 3 is 3.30 bits per heavy atom. The van der Waals surface area contributed by atoms with Gasteiger partial charge in [0.25, 0.3) is 0 Å². The van der Waals surface area contributed by atoms with Crippen LogP contribution < -0.4 is 5.32 Å². The molecule has 2 aliphatic rings. The van der Waals surface area contributed by atoms with Gasteiger partial charge in [0.05, 0.1) is 18.8 Å². The number of ether oxygens (including phenoxy) is 1. The van der Waals surface area contributed by atoms with Gasteiger partial charge >= 0.3 is 0 Å². The van der Waals surface area contributed by atoms with Gasteiger partial charge in [-0.3, -0.25) is 9.88 Å². The second-order valence-corrected chi connectivity index (χ2v) is 5.88. The summed E-state index contributed by atoms with van der Waals surface area (Å²) in [6, 6.07) is 5.08. The van der Waals surface area contributed by atoms with Crippen LogP contribution in [0.5, 0.6) is 0 Å². The molecule has 2 fully saturated rings. The molecule has 0 aromatic carbocycles. The lowest BCUT2D eigenvalue weighted by Crippen LogP contribution is -2.50. The van der Waals surface area contributed by atoms with Crippen LogP contribution in [-0.2, 0) is 4.74 Å². The highest BCUT2D eigenvalue weighted by Crippen LogP contribution is 2.28. The summed E-state index contributed by atoms with van der Waals surface area (Å²) in [7, 11) is 0. The molecule has 0 bridgehead atoms. The van der Waals surface area contributed by atoms with Gasteiger partial charge in [-0.15, -0.1) is 0 Å². The van der Waals surface area contributed by atoms with Gasteiger partial charge < -0.3 is 10.1 Å². The highest BCUT2D eigenvalue weighted by atomic mass is 16.5. The van der Waals surface area contributed by atoms with Crippen molar-refractivity contribution in [3.05, 3.63) is 30.1 Å². The normalized spacial score (nSPS) is 28.2. The Morgan fingerprint density at radius 2 is 2.50 bits per heavy atom. The van der Waals surface area contributed by atoms with Crippen LogP contribution in [0.3, 0.4) is 0 Å². The predicted molar refractivity (Wildman–Crippen MR) is 79.6 cm³/mol. The lowest BCUT2D eigenvalue weighted by Gasteiger charge is -2.39. The number of aromatic nitrogens is 1. The Hall–Kier alpha value is -0.970. The van der Waals surface area contributed by atoms with Gasteiger partial charge in [0.1, 0.15) is 0 Å². The van der Waals surface area contributed by atoms with Crippen molar-refractivity contribution >= 4 is 0 Å². The van der Waals surface area contributed by atoms with E-state index < -0.39 is 0 Å². The molecule has 0 radical (unpaired) electrons. The topological polar surface area (TPSA) is 37.4 Å². The minimum atomic E-state index is 0.236. The first-order chi connectivity index (χ1) is 9.88. The third-order valence-corrected chi connectivity index (χ3v) is 4.45. The number of nitrogens with zero attached hydrogens (tertiary/aromatic N) is 2. The summed E-state index contributed by atoms with van der Waals surface area (Å²) in [6.45, 7) is 6.38. The minimum Gasteiger partial charge on any atom is -0.373 e. The second kappa shape index (κ2) is 6.66. The number of hydrogen-bond acceptors (Lipinski definition) is 4. The first kappa shape index (κ1) is 14.0. The van der Waals surface area contributed by atoms with Crippen molar-refractivity contribution in [3.63, 3.8) is 0 Å². The average molecular weight is 275 g/mol. The Labute approximate surface area is 121 Å². The molecule has 2 saturated heterocycles. The lowest BCUT2D eigenvalue weighted by atomic mass is 10.0. The second-order valence-electron chi connectivity index (χ2n) is 5.88. The molecule has 1 aromatic rings. The molecule has 0 aliphatic carbocycles. The third kappa shape index (κ3) is 3.03. The van der Waals surface area contributed by atoms with Crippen molar-refractivity contribution in [1.82, 2.24) is 15.2 Å². The van der Waals surface area contributed by atoms with Crippen LogP contribution >= 0.6 is 0 Å². The van der Waals surface area contributed by atoms with Gasteiger partial charge in [0.2, 0.25) is 0 Å². The molecule has 0 spiro atoms. The van der Waals surface area contributed by atoms with Gasteiger partial charge in [-0.05, 0) is 44.0 Å². The molecule has 3 unspecified atom stereocenters. The van der Waals surface area contributed by atoms with Crippen LogP contribution in [0.2, 0.25) is 0 Å². The van der Waals surface area contributed by atoms with Crippen molar-refractivity contribution in [1.29, 1.82) is 0 Å². The SMILES string of the molecule is CCCNC(c1cccnc1)C1CN2CCCC2CO1. The zero-order chi connectivity index (χ0) is 13.8. The molecule has 110 valence electrons. The summed E-state index contributed by atoms with van der Waals surface area (Å²) in [5.41, 5.74) is 1.24. The molecule has 3 atom stereocenters. The summed E-state index contributed by atoms with van der Waals surface area (Å²) >= 11 is 0. The van der Waals surface area contributed by atoms with Crippen LogP contribution in [-0.4, -0.2) is 48.3 Å². The predicted octanol–water partition coefficient (Wildman–Crippen LogP) is 1.99. The van der Waals surface area contributed by atoms with Crippen molar-refractivity contribution < 1.29 is 4.74 Å². The number of hydrogen-bond donors (Lipinski definition) is 1. The van der Waals surface area contributed by atoms with Crippen molar-refractivity contribution in [3.8, 4) is 0 Å². The molecular weight excluding hydrogens is 250 g/mol. The zero-order valence-electron chi connectivity index (χ0n) is 12.3. The maximum Gasteiger partial charge on any atom is 0.0897 e. The molecule has 20 heavy (non-hydrogen) atoms. The molecule has 3 rings (SSSR count). The van der Waals surface area contributed by atoms with Crippen LogP contribution in [0, 0.1) is 0 Å². The molecule has 1 N–H and O–H groups in total. The largest absolute Gasteiger partial charge is 0.373 e. The Bertz CT molecular complexity index is 411. The van der Waals surface area contributed by atoms with E-state index in [1.165, 1.54) is 24.9 Å². The van der Waals surface area contributed by atoms with E-state index in [1.807, 2.05) is 18.5 Å².